The second-order valence-corrected chi connectivity index (χ2v) is 7.22. The van der Waals surface area contributed by atoms with Crippen molar-refractivity contribution >= 4 is 33.2 Å². The van der Waals surface area contributed by atoms with Gasteiger partial charge in [-0.2, -0.15) is 0 Å². The van der Waals surface area contributed by atoms with Crippen LogP contribution in [0.4, 0.5) is 5.69 Å². The molecule has 0 unspecified atom stereocenters. The second-order valence-electron chi connectivity index (χ2n) is 5.31. The van der Waals surface area contributed by atoms with Gasteiger partial charge in [0.25, 0.3) is 11.6 Å². The van der Waals surface area contributed by atoms with Crippen LogP contribution in [0.15, 0.2) is 17.0 Å². The van der Waals surface area contributed by atoms with Crippen molar-refractivity contribution in [2.45, 2.75) is 31.2 Å². The summed E-state index contributed by atoms with van der Waals surface area (Å²) < 4.78 is 22.9. The number of non-ortho nitro benzene ring substituents is 1. The van der Waals surface area contributed by atoms with E-state index < -0.39 is 42.0 Å². The molecule has 116 valence electrons. The fraction of sp³-hybridized carbons (Fsp3) is 0.364. The van der Waals surface area contributed by atoms with Gasteiger partial charge in [-0.15, -0.1) is 0 Å². The number of rotatable bonds is 3. The van der Waals surface area contributed by atoms with Crippen LogP contribution in [-0.2, 0) is 10.0 Å². The fourth-order valence-corrected chi connectivity index (χ4v) is 2.63. The molecule has 0 saturated heterocycles. The number of amides is 1. The van der Waals surface area contributed by atoms with Crippen molar-refractivity contribution in [1.82, 2.24) is 5.32 Å². The van der Waals surface area contributed by atoms with Crippen molar-refractivity contribution < 1.29 is 18.1 Å². The third-order valence-corrected chi connectivity index (χ3v) is 3.73. The summed E-state index contributed by atoms with van der Waals surface area (Å²) in [5, 5.41) is 17.9. The average molecular weight is 336 g/mol. The van der Waals surface area contributed by atoms with Gasteiger partial charge in [0.05, 0.1) is 15.5 Å². The molecule has 1 aromatic rings. The molecule has 1 amide bonds. The van der Waals surface area contributed by atoms with Crippen molar-refractivity contribution in [3.05, 3.63) is 32.8 Å². The first-order chi connectivity index (χ1) is 9.33. The number of carbonyl (C=O) groups excluding carboxylic acids is 1. The number of benzene rings is 1. The molecule has 1 rings (SSSR count). The van der Waals surface area contributed by atoms with E-state index in [9.17, 15) is 23.3 Å². The number of sulfonamides is 1. The van der Waals surface area contributed by atoms with Crippen LogP contribution in [0.25, 0.3) is 0 Å². The second kappa shape index (κ2) is 5.58. The third kappa shape index (κ3) is 4.38. The highest BCUT2D eigenvalue weighted by molar-refractivity contribution is 7.89. The Morgan fingerprint density at radius 3 is 2.29 bits per heavy atom. The summed E-state index contributed by atoms with van der Waals surface area (Å²) in [4.78, 5) is 21.4. The van der Waals surface area contributed by atoms with E-state index >= 15 is 0 Å². The lowest BCUT2D eigenvalue weighted by Gasteiger charge is -2.21. The lowest BCUT2D eigenvalue weighted by Crippen LogP contribution is -2.40. The molecule has 8 nitrogen and oxygen atoms in total. The van der Waals surface area contributed by atoms with Gasteiger partial charge in [0, 0.05) is 17.7 Å². The van der Waals surface area contributed by atoms with Gasteiger partial charge in [-0.1, -0.05) is 11.6 Å². The number of carbonyl (C=O) groups is 1. The summed E-state index contributed by atoms with van der Waals surface area (Å²) >= 11 is 5.85. The fourth-order valence-electron chi connectivity index (χ4n) is 1.47. The van der Waals surface area contributed by atoms with E-state index in [0.29, 0.717) is 6.07 Å². The molecule has 0 saturated carbocycles. The zero-order valence-corrected chi connectivity index (χ0v) is 13.1. The lowest BCUT2D eigenvalue weighted by molar-refractivity contribution is -0.385. The quantitative estimate of drug-likeness (QED) is 0.636. The summed E-state index contributed by atoms with van der Waals surface area (Å²) in [6, 6.07) is 1.61. The normalized spacial score (nSPS) is 12.0. The van der Waals surface area contributed by atoms with Crippen LogP contribution >= 0.6 is 11.6 Å². The summed E-state index contributed by atoms with van der Waals surface area (Å²) in [6.45, 7) is 5.07. The maximum atomic E-state index is 12.1. The number of nitrogens with one attached hydrogen (secondary N) is 1. The first-order valence-corrected chi connectivity index (χ1v) is 7.58. The van der Waals surface area contributed by atoms with Gasteiger partial charge >= 0.3 is 0 Å². The number of nitro groups is 1. The lowest BCUT2D eigenvalue weighted by atomic mass is 10.1. The van der Waals surface area contributed by atoms with Crippen LogP contribution in [-0.4, -0.2) is 24.8 Å². The molecule has 1 aromatic carbocycles. The highest BCUT2D eigenvalue weighted by Gasteiger charge is 2.26. The molecule has 0 aliphatic carbocycles. The largest absolute Gasteiger partial charge is 0.347 e. The van der Waals surface area contributed by atoms with E-state index in [0.717, 1.165) is 6.07 Å². The number of nitrogens with two attached hydrogens (primary N) is 1. The Labute approximate surface area is 126 Å². The standard InChI is InChI=1S/C11H14ClN3O5S/c1-11(2,3)14-10(16)7-4-6(15(17)18)5-8(9(7)12)21(13,19)20/h4-5H,1-3H3,(H,14,16)(H2,13,19,20). The van der Waals surface area contributed by atoms with E-state index in [1.54, 1.807) is 20.8 Å². The zero-order chi connectivity index (χ0) is 16.6. The van der Waals surface area contributed by atoms with Crippen molar-refractivity contribution in [2.24, 2.45) is 5.14 Å². The molecule has 0 spiro atoms. The van der Waals surface area contributed by atoms with E-state index in [1.165, 1.54) is 0 Å². The molecule has 10 heteroatoms. The summed E-state index contributed by atoms with van der Waals surface area (Å²) in [5.74, 6) is -0.735. The van der Waals surface area contributed by atoms with Crippen LogP contribution in [0, 0.1) is 10.1 Å². The van der Waals surface area contributed by atoms with Crippen molar-refractivity contribution in [3.8, 4) is 0 Å². The number of hydrogen-bond donors (Lipinski definition) is 2. The predicted octanol–water partition coefficient (Wildman–Crippen LogP) is 1.42. The van der Waals surface area contributed by atoms with Gasteiger partial charge in [0.1, 0.15) is 4.90 Å². The van der Waals surface area contributed by atoms with Crippen molar-refractivity contribution in [2.75, 3.05) is 0 Å². The smallest absolute Gasteiger partial charge is 0.271 e. The Hall–Kier alpha value is -1.71. The highest BCUT2D eigenvalue weighted by atomic mass is 35.5. The molecule has 0 aliphatic rings. The molecule has 3 N–H and O–H groups in total. The Morgan fingerprint density at radius 1 is 1.38 bits per heavy atom. The van der Waals surface area contributed by atoms with Gasteiger partial charge < -0.3 is 5.32 Å². The monoisotopic (exact) mass is 335 g/mol. The third-order valence-electron chi connectivity index (χ3n) is 2.27. The number of nitro benzene ring substituents is 1. The first kappa shape index (κ1) is 17.3. The number of hydrogen-bond acceptors (Lipinski definition) is 5. The maximum absolute atomic E-state index is 12.1. The number of nitrogens with zero attached hydrogens (tertiary/aromatic N) is 1. The molecular weight excluding hydrogens is 322 g/mol. The van der Waals surface area contributed by atoms with Crippen molar-refractivity contribution in [3.63, 3.8) is 0 Å². The molecule has 0 fully saturated rings. The molecule has 0 atom stereocenters. The van der Waals surface area contributed by atoms with Gasteiger partial charge in [0.15, 0.2) is 0 Å². The molecule has 0 aromatic heterocycles. The van der Waals surface area contributed by atoms with Gasteiger partial charge in [0.2, 0.25) is 10.0 Å². The predicted molar refractivity (Wildman–Crippen MR) is 76.7 cm³/mol. The highest BCUT2D eigenvalue weighted by Crippen LogP contribution is 2.30. The van der Waals surface area contributed by atoms with Gasteiger partial charge in [-0.3, -0.25) is 14.9 Å². The topological polar surface area (TPSA) is 132 Å². The molecule has 0 aliphatic heterocycles. The molecule has 0 heterocycles. The van der Waals surface area contributed by atoms with E-state index in [2.05, 4.69) is 5.32 Å². The van der Waals surface area contributed by atoms with E-state index in [4.69, 9.17) is 16.7 Å². The Balaban J connectivity index is 3.55. The molecule has 0 bridgehead atoms. The number of halogens is 1. The van der Waals surface area contributed by atoms with Crippen LogP contribution in [0.5, 0.6) is 0 Å². The average Bonchev–Trinajstić information content (AvgIpc) is 2.24. The number of primary sulfonamides is 1. The minimum Gasteiger partial charge on any atom is -0.347 e. The van der Waals surface area contributed by atoms with Gasteiger partial charge in [-0.05, 0) is 20.8 Å². The maximum Gasteiger partial charge on any atom is 0.271 e. The van der Waals surface area contributed by atoms with Crippen LogP contribution < -0.4 is 10.5 Å². The van der Waals surface area contributed by atoms with E-state index in [-0.39, 0.29) is 5.56 Å². The Bertz CT molecular complexity index is 709. The summed E-state index contributed by atoms with van der Waals surface area (Å²) in [5.41, 5.74) is -1.56. The summed E-state index contributed by atoms with van der Waals surface area (Å²) in [7, 11) is -4.31. The Morgan fingerprint density at radius 2 is 1.90 bits per heavy atom. The van der Waals surface area contributed by atoms with E-state index in [1.807, 2.05) is 0 Å². The molecular formula is C11H14ClN3O5S. The van der Waals surface area contributed by atoms with Crippen LogP contribution in [0.1, 0.15) is 31.1 Å². The Kier molecular flexibility index (Phi) is 4.61. The minimum absolute atomic E-state index is 0.329. The molecule has 21 heavy (non-hydrogen) atoms. The summed E-state index contributed by atoms with van der Waals surface area (Å²) in [6.07, 6.45) is 0. The molecule has 0 radical (unpaired) electrons. The zero-order valence-electron chi connectivity index (χ0n) is 11.5. The minimum atomic E-state index is -4.31. The van der Waals surface area contributed by atoms with Crippen LogP contribution in [0.3, 0.4) is 0 Å². The first-order valence-electron chi connectivity index (χ1n) is 5.66. The van der Waals surface area contributed by atoms with Crippen molar-refractivity contribution in [1.29, 1.82) is 0 Å². The van der Waals surface area contributed by atoms with Gasteiger partial charge in [-0.25, -0.2) is 13.6 Å². The van der Waals surface area contributed by atoms with Crippen LogP contribution in [0.2, 0.25) is 5.02 Å². The SMILES string of the molecule is CC(C)(C)NC(=O)c1cc([N+](=O)[O-])cc(S(N)(=O)=O)c1Cl.